The van der Waals surface area contributed by atoms with Gasteiger partial charge in [0.1, 0.15) is 0 Å². The van der Waals surface area contributed by atoms with Crippen LogP contribution in [0.15, 0.2) is 28.1 Å². The van der Waals surface area contributed by atoms with Crippen molar-refractivity contribution in [2.75, 3.05) is 7.11 Å². The maximum Gasteiger partial charge on any atom is 0.177 e. The number of hydrogen-bond acceptors (Lipinski definition) is 3. The SMILES string of the molecule is COc1ccc(CC(=O)c2cc(C)c(Br)s2)cc1F. The maximum atomic E-state index is 13.5. The molecular weight excluding hydrogens is 331 g/mol. The first-order valence-corrected chi connectivity index (χ1v) is 7.23. The van der Waals surface area contributed by atoms with Crippen LogP contribution in [0.4, 0.5) is 4.39 Å². The minimum absolute atomic E-state index is 0.0108. The molecule has 2 rings (SSSR count). The van der Waals surface area contributed by atoms with E-state index in [9.17, 15) is 9.18 Å². The average Bonchev–Trinajstić information content (AvgIpc) is 2.70. The number of aryl methyl sites for hydroxylation is 1. The Kier molecular flexibility index (Phi) is 4.37. The Morgan fingerprint density at radius 1 is 1.42 bits per heavy atom. The van der Waals surface area contributed by atoms with Crippen LogP contribution in [-0.2, 0) is 6.42 Å². The zero-order valence-corrected chi connectivity index (χ0v) is 12.9. The molecule has 1 heterocycles. The standard InChI is InChI=1S/C14H12BrFO2S/c1-8-5-13(19-14(8)15)11(17)7-9-3-4-12(18-2)10(16)6-9/h3-6H,7H2,1-2H3. The van der Waals surface area contributed by atoms with E-state index in [1.165, 1.54) is 30.6 Å². The highest BCUT2D eigenvalue weighted by Crippen LogP contribution is 2.28. The van der Waals surface area contributed by atoms with Gasteiger partial charge >= 0.3 is 0 Å². The highest BCUT2D eigenvalue weighted by atomic mass is 79.9. The van der Waals surface area contributed by atoms with Crippen molar-refractivity contribution in [1.29, 1.82) is 0 Å². The molecule has 0 spiro atoms. The summed E-state index contributed by atoms with van der Waals surface area (Å²) in [6.07, 6.45) is 0.188. The summed E-state index contributed by atoms with van der Waals surface area (Å²) in [5, 5.41) is 0. The number of carbonyl (C=O) groups is 1. The molecular formula is C14H12BrFO2S. The van der Waals surface area contributed by atoms with E-state index in [4.69, 9.17) is 4.74 Å². The summed E-state index contributed by atoms with van der Waals surface area (Å²) in [5.41, 5.74) is 1.68. The molecule has 0 fully saturated rings. The third-order valence-electron chi connectivity index (χ3n) is 2.71. The summed E-state index contributed by atoms with van der Waals surface area (Å²) in [6.45, 7) is 1.93. The Hall–Kier alpha value is -1.20. The van der Waals surface area contributed by atoms with Crippen LogP contribution >= 0.6 is 27.3 Å². The van der Waals surface area contributed by atoms with E-state index < -0.39 is 5.82 Å². The van der Waals surface area contributed by atoms with Gasteiger partial charge in [0.2, 0.25) is 0 Å². The number of hydrogen-bond donors (Lipinski definition) is 0. The molecule has 5 heteroatoms. The van der Waals surface area contributed by atoms with Crippen LogP contribution in [0.3, 0.4) is 0 Å². The van der Waals surface area contributed by atoms with Gasteiger partial charge in [-0.25, -0.2) is 4.39 Å². The number of rotatable bonds is 4. The summed E-state index contributed by atoms with van der Waals surface area (Å²) in [6, 6.07) is 6.42. The highest BCUT2D eigenvalue weighted by Gasteiger charge is 2.13. The molecule has 1 aromatic heterocycles. The van der Waals surface area contributed by atoms with Crippen molar-refractivity contribution in [2.24, 2.45) is 0 Å². The van der Waals surface area contributed by atoms with Crippen molar-refractivity contribution in [1.82, 2.24) is 0 Å². The van der Waals surface area contributed by atoms with Gasteiger partial charge in [0.15, 0.2) is 17.3 Å². The predicted molar refractivity (Wildman–Crippen MR) is 77.7 cm³/mol. The van der Waals surface area contributed by atoms with Crippen molar-refractivity contribution in [2.45, 2.75) is 13.3 Å². The normalized spacial score (nSPS) is 10.5. The van der Waals surface area contributed by atoms with Crippen LogP contribution < -0.4 is 4.74 Å². The summed E-state index contributed by atoms with van der Waals surface area (Å²) >= 11 is 4.79. The number of ether oxygens (including phenoxy) is 1. The number of methoxy groups -OCH3 is 1. The van der Waals surface area contributed by atoms with E-state index in [-0.39, 0.29) is 18.0 Å². The minimum Gasteiger partial charge on any atom is -0.494 e. The van der Waals surface area contributed by atoms with E-state index in [1.807, 2.05) is 13.0 Å². The van der Waals surface area contributed by atoms with E-state index >= 15 is 0 Å². The fraction of sp³-hybridized carbons (Fsp3) is 0.214. The Balaban J connectivity index is 2.17. The molecule has 2 aromatic rings. The summed E-state index contributed by atoms with van der Waals surface area (Å²) in [5.74, 6) is -0.273. The molecule has 2 nitrogen and oxygen atoms in total. The van der Waals surface area contributed by atoms with Crippen LogP contribution in [0.25, 0.3) is 0 Å². The van der Waals surface area contributed by atoms with Gasteiger partial charge in [-0.1, -0.05) is 6.07 Å². The van der Waals surface area contributed by atoms with Crippen LogP contribution in [0.1, 0.15) is 20.8 Å². The lowest BCUT2D eigenvalue weighted by Crippen LogP contribution is -2.02. The zero-order chi connectivity index (χ0) is 14.0. The number of halogens is 2. The number of Topliss-reactive ketones (excluding diaryl/α,β-unsaturated/α-hetero) is 1. The van der Waals surface area contributed by atoms with E-state index in [0.717, 1.165) is 9.35 Å². The minimum atomic E-state index is -0.448. The molecule has 0 amide bonds. The molecule has 0 N–H and O–H groups in total. The lowest BCUT2D eigenvalue weighted by atomic mass is 10.1. The van der Waals surface area contributed by atoms with Crippen LogP contribution in [-0.4, -0.2) is 12.9 Å². The van der Waals surface area contributed by atoms with Gasteiger partial charge in [-0.3, -0.25) is 4.79 Å². The van der Waals surface area contributed by atoms with Gasteiger partial charge < -0.3 is 4.74 Å². The van der Waals surface area contributed by atoms with Gasteiger partial charge in [0.05, 0.1) is 15.8 Å². The zero-order valence-electron chi connectivity index (χ0n) is 10.5. The van der Waals surface area contributed by atoms with Gasteiger partial charge in [0, 0.05) is 6.42 Å². The molecule has 0 bridgehead atoms. The average molecular weight is 343 g/mol. The van der Waals surface area contributed by atoms with Gasteiger partial charge in [0.25, 0.3) is 0 Å². The first kappa shape index (κ1) is 14.2. The fourth-order valence-electron chi connectivity index (χ4n) is 1.69. The summed E-state index contributed by atoms with van der Waals surface area (Å²) in [7, 11) is 1.41. The van der Waals surface area contributed by atoms with Crippen molar-refractivity contribution in [3.63, 3.8) is 0 Å². The van der Waals surface area contributed by atoms with Crippen LogP contribution in [0, 0.1) is 12.7 Å². The Morgan fingerprint density at radius 3 is 2.68 bits per heavy atom. The first-order valence-electron chi connectivity index (χ1n) is 5.63. The molecule has 0 unspecified atom stereocenters. The lowest BCUT2D eigenvalue weighted by molar-refractivity contribution is 0.0996. The monoisotopic (exact) mass is 342 g/mol. The number of ketones is 1. The van der Waals surface area contributed by atoms with Crippen molar-refractivity contribution >= 4 is 33.0 Å². The van der Waals surface area contributed by atoms with E-state index in [1.54, 1.807) is 6.07 Å². The molecule has 100 valence electrons. The smallest absolute Gasteiger partial charge is 0.177 e. The lowest BCUT2D eigenvalue weighted by Gasteiger charge is -2.04. The molecule has 0 radical (unpaired) electrons. The molecule has 19 heavy (non-hydrogen) atoms. The maximum absolute atomic E-state index is 13.5. The summed E-state index contributed by atoms with van der Waals surface area (Å²) < 4.78 is 19.3. The Morgan fingerprint density at radius 2 is 2.16 bits per heavy atom. The van der Waals surface area contributed by atoms with Gasteiger partial charge in [-0.2, -0.15) is 0 Å². The van der Waals surface area contributed by atoms with Crippen LogP contribution in [0.5, 0.6) is 5.75 Å². The molecule has 0 atom stereocenters. The highest BCUT2D eigenvalue weighted by molar-refractivity contribution is 9.11. The molecule has 0 aliphatic rings. The second kappa shape index (κ2) is 5.84. The Labute approximate surface area is 123 Å². The number of carbonyl (C=O) groups excluding carboxylic acids is 1. The van der Waals surface area contributed by atoms with Gasteiger partial charge in [-0.15, -0.1) is 11.3 Å². The molecule has 0 saturated carbocycles. The van der Waals surface area contributed by atoms with Crippen LogP contribution in [0.2, 0.25) is 0 Å². The largest absolute Gasteiger partial charge is 0.494 e. The predicted octanol–water partition coefficient (Wildman–Crippen LogP) is 4.39. The quantitative estimate of drug-likeness (QED) is 0.770. The third-order valence-corrected chi connectivity index (χ3v) is 4.89. The fourth-order valence-corrected chi connectivity index (χ4v) is 3.16. The number of thiophene rings is 1. The molecule has 0 saturated heterocycles. The summed E-state index contributed by atoms with van der Waals surface area (Å²) in [4.78, 5) is 12.8. The van der Waals surface area contributed by atoms with E-state index in [2.05, 4.69) is 15.9 Å². The second-order valence-electron chi connectivity index (χ2n) is 4.14. The molecule has 1 aromatic carbocycles. The second-order valence-corrected chi connectivity index (χ2v) is 6.51. The molecule has 0 aliphatic carbocycles. The third kappa shape index (κ3) is 3.22. The van der Waals surface area contributed by atoms with Crippen molar-refractivity contribution in [3.8, 4) is 5.75 Å². The first-order chi connectivity index (χ1) is 9.01. The topological polar surface area (TPSA) is 26.3 Å². The molecule has 0 aliphatic heterocycles. The number of benzene rings is 1. The van der Waals surface area contributed by atoms with Crippen molar-refractivity contribution in [3.05, 3.63) is 49.9 Å². The van der Waals surface area contributed by atoms with Crippen molar-refractivity contribution < 1.29 is 13.9 Å². The van der Waals surface area contributed by atoms with Gasteiger partial charge in [-0.05, 0) is 52.2 Å². The van der Waals surface area contributed by atoms with E-state index in [0.29, 0.717) is 10.4 Å². The Bertz CT molecular complexity index is 602.